The molecular weight excluding hydrogens is 472 g/mol. The molecule has 0 fully saturated rings. The molecule has 0 saturated heterocycles. The maximum absolute atomic E-state index is 12.9. The summed E-state index contributed by atoms with van der Waals surface area (Å²) in [6.07, 6.45) is -0.0979. The lowest BCUT2D eigenvalue weighted by Gasteiger charge is -2.18. The highest BCUT2D eigenvalue weighted by molar-refractivity contribution is 14.0. The van der Waals surface area contributed by atoms with Crippen molar-refractivity contribution in [3.63, 3.8) is 0 Å². The molecule has 0 radical (unpaired) electrons. The SMILES string of the molecule is CCOCc1ccccc1CNC(=NC)NCC(C)Oc1ccc(F)cc1.I. The summed E-state index contributed by atoms with van der Waals surface area (Å²) in [4.78, 5) is 4.24. The van der Waals surface area contributed by atoms with E-state index in [-0.39, 0.29) is 35.9 Å². The highest BCUT2D eigenvalue weighted by Crippen LogP contribution is 2.13. The third kappa shape index (κ3) is 8.43. The highest BCUT2D eigenvalue weighted by Gasteiger charge is 2.07. The van der Waals surface area contributed by atoms with Crippen LogP contribution in [0.25, 0.3) is 0 Å². The number of aliphatic imine (C=N–C) groups is 1. The van der Waals surface area contributed by atoms with Crippen molar-refractivity contribution in [2.24, 2.45) is 4.99 Å². The Kier molecular flexibility index (Phi) is 11.5. The van der Waals surface area contributed by atoms with Gasteiger partial charge in [-0.15, -0.1) is 24.0 Å². The lowest BCUT2D eigenvalue weighted by molar-refractivity contribution is 0.133. The molecule has 0 aliphatic heterocycles. The monoisotopic (exact) mass is 501 g/mol. The van der Waals surface area contributed by atoms with Gasteiger partial charge in [-0.05, 0) is 49.2 Å². The summed E-state index contributed by atoms with van der Waals surface area (Å²) < 4.78 is 24.2. The Balaban J connectivity index is 0.00000392. The van der Waals surface area contributed by atoms with Gasteiger partial charge in [-0.1, -0.05) is 24.3 Å². The zero-order valence-electron chi connectivity index (χ0n) is 16.6. The number of benzene rings is 2. The third-order valence-corrected chi connectivity index (χ3v) is 3.96. The van der Waals surface area contributed by atoms with Crippen LogP contribution in [0.5, 0.6) is 5.75 Å². The minimum Gasteiger partial charge on any atom is -0.489 e. The average Bonchev–Trinajstić information content (AvgIpc) is 2.69. The Hall–Kier alpha value is -1.87. The lowest BCUT2D eigenvalue weighted by atomic mass is 10.1. The number of ether oxygens (including phenoxy) is 2. The van der Waals surface area contributed by atoms with Gasteiger partial charge in [0.05, 0.1) is 13.2 Å². The highest BCUT2D eigenvalue weighted by atomic mass is 127. The Morgan fingerprint density at radius 1 is 1.07 bits per heavy atom. The number of nitrogens with one attached hydrogen (secondary N) is 2. The van der Waals surface area contributed by atoms with Crippen LogP contribution in [-0.2, 0) is 17.9 Å². The van der Waals surface area contributed by atoms with Gasteiger partial charge in [0.2, 0.25) is 0 Å². The fourth-order valence-corrected chi connectivity index (χ4v) is 2.51. The minimum atomic E-state index is -0.276. The molecular formula is C21H29FIN3O2. The van der Waals surface area contributed by atoms with Gasteiger partial charge in [-0.2, -0.15) is 0 Å². The van der Waals surface area contributed by atoms with Crippen LogP contribution < -0.4 is 15.4 Å². The second-order valence-electron chi connectivity index (χ2n) is 6.09. The standard InChI is InChI=1S/C21H28FN3O2.HI/c1-4-26-15-18-8-6-5-7-17(18)14-25-21(23-3)24-13-16(2)27-20-11-9-19(22)10-12-20;/h5-12,16H,4,13-15H2,1-3H3,(H2,23,24,25);1H. The molecule has 0 spiro atoms. The van der Waals surface area contributed by atoms with Crippen LogP contribution >= 0.6 is 24.0 Å². The molecule has 2 N–H and O–H groups in total. The van der Waals surface area contributed by atoms with E-state index in [1.807, 2.05) is 26.0 Å². The summed E-state index contributed by atoms with van der Waals surface area (Å²) >= 11 is 0. The lowest BCUT2D eigenvalue weighted by Crippen LogP contribution is -2.41. The molecule has 0 bridgehead atoms. The van der Waals surface area contributed by atoms with E-state index in [4.69, 9.17) is 9.47 Å². The number of rotatable bonds is 9. The third-order valence-electron chi connectivity index (χ3n) is 3.96. The first-order valence-electron chi connectivity index (χ1n) is 9.13. The molecule has 0 saturated carbocycles. The van der Waals surface area contributed by atoms with Crippen LogP contribution in [0, 0.1) is 5.82 Å². The fraction of sp³-hybridized carbons (Fsp3) is 0.381. The van der Waals surface area contributed by atoms with E-state index in [9.17, 15) is 4.39 Å². The summed E-state index contributed by atoms with van der Waals surface area (Å²) in [6, 6.07) is 14.2. The van der Waals surface area contributed by atoms with Crippen LogP contribution in [0.1, 0.15) is 25.0 Å². The molecule has 154 valence electrons. The number of guanidine groups is 1. The van der Waals surface area contributed by atoms with Crippen molar-refractivity contribution in [3.05, 3.63) is 65.5 Å². The van der Waals surface area contributed by atoms with Crippen molar-refractivity contribution in [1.29, 1.82) is 0 Å². The molecule has 5 nitrogen and oxygen atoms in total. The Labute approximate surface area is 183 Å². The molecule has 2 aromatic carbocycles. The normalized spacial score (nSPS) is 12.1. The number of nitrogens with zero attached hydrogens (tertiary/aromatic N) is 1. The molecule has 2 aromatic rings. The van der Waals surface area contributed by atoms with Gasteiger partial charge >= 0.3 is 0 Å². The van der Waals surface area contributed by atoms with E-state index in [0.29, 0.717) is 38.0 Å². The van der Waals surface area contributed by atoms with Crippen LogP contribution in [0.15, 0.2) is 53.5 Å². The smallest absolute Gasteiger partial charge is 0.191 e. The Morgan fingerprint density at radius 3 is 2.39 bits per heavy atom. The molecule has 7 heteroatoms. The molecule has 0 aliphatic carbocycles. The van der Waals surface area contributed by atoms with Crippen LogP contribution in [-0.4, -0.2) is 32.3 Å². The summed E-state index contributed by atoms with van der Waals surface area (Å²) in [7, 11) is 1.73. The maximum atomic E-state index is 12.9. The summed E-state index contributed by atoms with van der Waals surface area (Å²) in [6.45, 7) is 6.44. The second-order valence-corrected chi connectivity index (χ2v) is 6.09. The van der Waals surface area contributed by atoms with E-state index in [1.165, 1.54) is 17.7 Å². The molecule has 28 heavy (non-hydrogen) atoms. The molecule has 0 amide bonds. The predicted molar refractivity (Wildman–Crippen MR) is 122 cm³/mol. The van der Waals surface area contributed by atoms with Gasteiger partial charge in [-0.3, -0.25) is 4.99 Å². The zero-order valence-corrected chi connectivity index (χ0v) is 18.9. The minimum absolute atomic E-state index is 0. The Bertz CT molecular complexity index is 726. The molecule has 0 aromatic heterocycles. The number of hydrogen-bond donors (Lipinski definition) is 2. The van der Waals surface area contributed by atoms with Crippen molar-refractivity contribution in [2.45, 2.75) is 33.1 Å². The number of halogens is 2. The first-order chi connectivity index (χ1) is 13.1. The first-order valence-corrected chi connectivity index (χ1v) is 9.13. The second kappa shape index (κ2) is 13.3. The quantitative estimate of drug-likeness (QED) is 0.309. The zero-order chi connectivity index (χ0) is 19.5. The van der Waals surface area contributed by atoms with Crippen molar-refractivity contribution in [2.75, 3.05) is 20.2 Å². The van der Waals surface area contributed by atoms with E-state index in [0.717, 1.165) is 5.56 Å². The molecule has 0 heterocycles. The van der Waals surface area contributed by atoms with Gasteiger partial charge in [0.25, 0.3) is 0 Å². The molecule has 1 atom stereocenters. The van der Waals surface area contributed by atoms with Gasteiger partial charge in [0, 0.05) is 20.2 Å². The van der Waals surface area contributed by atoms with Crippen LogP contribution in [0.3, 0.4) is 0 Å². The summed E-state index contributed by atoms with van der Waals surface area (Å²) in [5.41, 5.74) is 2.33. The Morgan fingerprint density at radius 2 is 1.75 bits per heavy atom. The van der Waals surface area contributed by atoms with Gasteiger partial charge < -0.3 is 20.1 Å². The van der Waals surface area contributed by atoms with Crippen LogP contribution in [0.2, 0.25) is 0 Å². The average molecular weight is 501 g/mol. The molecule has 1 unspecified atom stereocenters. The van der Waals surface area contributed by atoms with E-state index < -0.39 is 0 Å². The molecule has 2 rings (SSSR count). The first kappa shape index (κ1) is 24.2. The van der Waals surface area contributed by atoms with E-state index in [1.54, 1.807) is 19.2 Å². The van der Waals surface area contributed by atoms with Crippen molar-refractivity contribution in [3.8, 4) is 5.75 Å². The summed E-state index contributed by atoms with van der Waals surface area (Å²) in [5, 5.41) is 6.55. The number of hydrogen-bond acceptors (Lipinski definition) is 3. The topological polar surface area (TPSA) is 54.9 Å². The van der Waals surface area contributed by atoms with Crippen molar-refractivity contribution >= 4 is 29.9 Å². The maximum Gasteiger partial charge on any atom is 0.191 e. The van der Waals surface area contributed by atoms with Crippen molar-refractivity contribution in [1.82, 2.24) is 10.6 Å². The van der Waals surface area contributed by atoms with Crippen molar-refractivity contribution < 1.29 is 13.9 Å². The largest absolute Gasteiger partial charge is 0.489 e. The fourth-order valence-electron chi connectivity index (χ4n) is 2.51. The van der Waals surface area contributed by atoms with E-state index >= 15 is 0 Å². The summed E-state index contributed by atoms with van der Waals surface area (Å²) in [5.74, 6) is 1.05. The predicted octanol–water partition coefficient (Wildman–Crippen LogP) is 4.11. The van der Waals surface area contributed by atoms with Crippen LogP contribution in [0.4, 0.5) is 4.39 Å². The van der Waals surface area contributed by atoms with Gasteiger partial charge in [-0.25, -0.2) is 4.39 Å². The van der Waals surface area contributed by atoms with Gasteiger partial charge in [0.15, 0.2) is 5.96 Å². The van der Waals surface area contributed by atoms with E-state index in [2.05, 4.69) is 27.8 Å². The molecule has 0 aliphatic rings. The van der Waals surface area contributed by atoms with Gasteiger partial charge in [0.1, 0.15) is 17.7 Å².